The molecule has 0 aliphatic rings. The minimum Gasteiger partial charge on any atom is -0.364 e. The van der Waals surface area contributed by atoms with Crippen LogP contribution in [0.1, 0.15) is 18.1 Å². The van der Waals surface area contributed by atoms with Crippen molar-refractivity contribution in [2.45, 2.75) is 20.3 Å². The van der Waals surface area contributed by atoms with E-state index < -0.39 is 0 Å². The SMILES string of the molecule is CC(=O)C(CSC(=S)N(C)C)Cc1cccc(C)c1. The summed E-state index contributed by atoms with van der Waals surface area (Å²) in [5.41, 5.74) is 2.45. The summed E-state index contributed by atoms with van der Waals surface area (Å²) < 4.78 is 0.829. The topological polar surface area (TPSA) is 20.3 Å². The molecule has 0 saturated carbocycles. The van der Waals surface area contributed by atoms with E-state index in [0.717, 1.165) is 16.5 Å². The van der Waals surface area contributed by atoms with Crippen LogP contribution in [0.4, 0.5) is 0 Å². The first kappa shape index (κ1) is 16.2. The van der Waals surface area contributed by atoms with Gasteiger partial charge in [-0.25, -0.2) is 0 Å². The maximum atomic E-state index is 11.7. The molecule has 0 N–H and O–H groups in total. The van der Waals surface area contributed by atoms with Crippen LogP contribution < -0.4 is 0 Å². The van der Waals surface area contributed by atoms with Crippen LogP contribution in [-0.2, 0) is 11.2 Å². The summed E-state index contributed by atoms with van der Waals surface area (Å²) in [6.07, 6.45) is 0.792. The van der Waals surface area contributed by atoms with E-state index in [1.807, 2.05) is 25.1 Å². The highest BCUT2D eigenvalue weighted by Crippen LogP contribution is 2.18. The fourth-order valence-electron chi connectivity index (χ4n) is 1.74. The van der Waals surface area contributed by atoms with Gasteiger partial charge in [0.2, 0.25) is 0 Å². The first-order valence-corrected chi connectivity index (χ1v) is 7.69. The molecule has 0 aromatic heterocycles. The van der Waals surface area contributed by atoms with E-state index in [-0.39, 0.29) is 11.7 Å². The highest BCUT2D eigenvalue weighted by Gasteiger charge is 2.16. The van der Waals surface area contributed by atoms with E-state index in [2.05, 4.69) is 25.1 Å². The number of hydrogen-bond donors (Lipinski definition) is 0. The van der Waals surface area contributed by atoms with Crippen molar-refractivity contribution in [2.24, 2.45) is 5.92 Å². The van der Waals surface area contributed by atoms with Gasteiger partial charge in [-0.15, -0.1) is 0 Å². The molecule has 1 unspecified atom stereocenters. The van der Waals surface area contributed by atoms with Crippen LogP contribution in [0.5, 0.6) is 0 Å². The zero-order valence-corrected chi connectivity index (χ0v) is 13.6. The Bertz CT molecular complexity index is 457. The molecule has 0 amide bonds. The van der Waals surface area contributed by atoms with Crippen LogP contribution >= 0.6 is 24.0 Å². The van der Waals surface area contributed by atoms with Gasteiger partial charge in [-0.1, -0.05) is 53.8 Å². The largest absolute Gasteiger partial charge is 0.364 e. The van der Waals surface area contributed by atoms with Gasteiger partial charge in [0.25, 0.3) is 0 Å². The quantitative estimate of drug-likeness (QED) is 0.776. The van der Waals surface area contributed by atoms with Gasteiger partial charge in [0, 0.05) is 25.8 Å². The average molecular weight is 295 g/mol. The molecule has 4 heteroatoms. The van der Waals surface area contributed by atoms with E-state index >= 15 is 0 Å². The van der Waals surface area contributed by atoms with Crippen LogP contribution in [0, 0.1) is 12.8 Å². The van der Waals surface area contributed by atoms with Crippen LogP contribution in [0.25, 0.3) is 0 Å². The maximum Gasteiger partial charge on any atom is 0.135 e. The number of benzene rings is 1. The third-order valence-electron chi connectivity index (χ3n) is 2.91. The van der Waals surface area contributed by atoms with Gasteiger partial charge < -0.3 is 4.90 Å². The number of thioether (sulfide) groups is 1. The summed E-state index contributed by atoms with van der Waals surface area (Å²) in [6.45, 7) is 3.74. The van der Waals surface area contributed by atoms with Crippen molar-refractivity contribution < 1.29 is 4.79 Å². The number of thiocarbonyl (C=S) groups is 1. The molecule has 0 spiro atoms. The van der Waals surface area contributed by atoms with Crippen molar-refractivity contribution in [2.75, 3.05) is 19.8 Å². The van der Waals surface area contributed by atoms with Crippen molar-refractivity contribution in [1.82, 2.24) is 4.90 Å². The third-order valence-corrected chi connectivity index (χ3v) is 4.81. The summed E-state index contributed by atoms with van der Waals surface area (Å²) >= 11 is 6.83. The van der Waals surface area contributed by atoms with E-state index in [1.165, 1.54) is 11.1 Å². The zero-order valence-electron chi connectivity index (χ0n) is 12.0. The summed E-state index contributed by atoms with van der Waals surface area (Å²) in [4.78, 5) is 13.7. The molecule has 0 bridgehead atoms. The van der Waals surface area contributed by atoms with Crippen LogP contribution in [0.15, 0.2) is 24.3 Å². The maximum absolute atomic E-state index is 11.7. The number of nitrogens with zero attached hydrogens (tertiary/aromatic N) is 1. The number of ketones is 1. The standard InChI is InChI=1S/C15H21NOS2/c1-11-6-5-7-13(8-11)9-14(12(2)17)10-19-15(18)16(3)4/h5-8,14H,9-10H2,1-4H3. The minimum atomic E-state index is 0.0321. The van der Waals surface area contributed by atoms with Crippen LogP contribution in [-0.4, -0.2) is 34.9 Å². The highest BCUT2D eigenvalue weighted by atomic mass is 32.2. The Morgan fingerprint density at radius 1 is 1.42 bits per heavy atom. The molecule has 104 valence electrons. The molecule has 1 aromatic carbocycles. The Labute approximate surface area is 125 Å². The Balaban J connectivity index is 2.63. The number of carbonyl (C=O) groups is 1. The summed E-state index contributed by atoms with van der Waals surface area (Å²) in [7, 11) is 3.86. The second-order valence-corrected chi connectivity index (χ2v) is 6.63. The van der Waals surface area contributed by atoms with E-state index in [4.69, 9.17) is 12.2 Å². The minimum absolute atomic E-state index is 0.0321. The van der Waals surface area contributed by atoms with E-state index in [1.54, 1.807) is 18.7 Å². The number of rotatable bonds is 5. The van der Waals surface area contributed by atoms with Gasteiger partial charge in [0.05, 0.1) is 0 Å². The normalized spacial score (nSPS) is 12.0. The van der Waals surface area contributed by atoms with Gasteiger partial charge in [-0.2, -0.15) is 0 Å². The lowest BCUT2D eigenvalue weighted by Gasteiger charge is -2.17. The third kappa shape index (κ3) is 5.74. The molecule has 0 fully saturated rings. The molecular formula is C15H21NOS2. The average Bonchev–Trinajstić information content (AvgIpc) is 2.33. The Kier molecular flexibility index (Phi) is 6.52. The molecule has 0 aliphatic carbocycles. The molecular weight excluding hydrogens is 274 g/mol. The lowest BCUT2D eigenvalue weighted by Crippen LogP contribution is -2.21. The smallest absolute Gasteiger partial charge is 0.135 e. The predicted octanol–water partition coefficient (Wildman–Crippen LogP) is 3.32. The van der Waals surface area contributed by atoms with Gasteiger partial charge in [0.1, 0.15) is 10.1 Å². The second kappa shape index (κ2) is 7.65. The number of hydrogen-bond acceptors (Lipinski definition) is 3. The van der Waals surface area contributed by atoms with Crippen molar-refractivity contribution in [3.05, 3.63) is 35.4 Å². The molecule has 1 aromatic rings. The summed E-state index contributed by atoms with van der Waals surface area (Å²) in [6, 6.07) is 8.34. The summed E-state index contributed by atoms with van der Waals surface area (Å²) in [5.74, 6) is 1.01. The van der Waals surface area contributed by atoms with Crippen LogP contribution in [0.2, 0.25) is 0 Å². The van der Waals surface area contributed by atoms with Crippen LogP contribution in [0.3, 0.4) is 0 Å². The lowest BCUT2D eigenvalue weighted by molar-refractivity contribution is -0.120. The van der Waals surface area contributed by atoms with Gasteiger partial charge in [-0.05, 0) is 25.8 Å². The molecule has 2 nitrogen and oxygen atoms in total. The molecule has 0 heterocycles. The molecule has 0 radical (unpaired) electrons. The Hall–Kier alpha value is -0.870. The monoisotopic (exact) mass is 295 g/mol. The van der Waals surface area contributed by atoms with Gasteiger partial charge in [0.15, 0.2) is 0 Å². The zero-order chi connectivity index (χ0) is 14.4. The van der Waals surface area contributed by atoms with E-state index in [0.29, 0.717) is 0 Å². The predicted molar refractivity (Wildman–Crippen MR) is 87.8 cm³/mol. The molecule has 1 rings (SSSR count). The first-order valence-electron chi connectivity index (χ1n) is 6.30. The number of Topliss-reactive ketones (excluding diaryl/α,β-unsaturated/α-hetero) is 1. The van der Waals surface area contributed by atoms with Crippen molar-refractivity contribution in [3.63, 3.8) is 0 Å². The second-order valence-electron chi connectivity index (χ2n) is 4.97. The van der Waals surface area contributed by atoms with Crippen molar-refractivity contribution in [3.8, 4) is 0 Å². The highest BCUT2D eigenvalue weighted by molar-refractivity contribution is 8.22. The van der Waals surface area contributed by atoms with Gasteiger partial charge in [-0.3, -0.25) is 4.79 Å². The molecule has 0 saturated heterocycles. The van der Waals surface area contributed by atoms with E-state index in [9.17, 15) is 4.79 Å². The fraction of sp³-hybridized carbons (Fsp3) is 0.467. The van der Waals surface area contributed by atoms with Crippen molar-refractivity contribution >= 4 is 34.1 Å². The Morgan fingerprint density at radius 3 is 2.63 bits per heavy atom. The fourth-order valence-corrected chi connectivity index (χ4v) is 2.90. The molecule has 19 heavy (non-hydrogen) atoms. The lowest BCUT2D eigenvalue weighted by atomic mass is 9.97. The first-order chi connectivity index (χ1) is 8.90. The Morgan fingerprint density at radius 2 is 2.11 bits per heavy atom. The van der Waals surface area contributed by atoms with Crippen molar-refractivity contribution in [1.29, 1.82) is 0 Å². The summed E-state index contributed by atoms with van der Waals surface area (Å²) in [5, 5.41) is 0. The number of aryl methyl sites for hydroxylation is 1. The molecule has 0 aliphatic heterocycles. The van der Waals surface area contributed by atoms with Gasteiger partial charge >= 0.3 is 0 Å². The molecule has 1 atom stereocenters. The number of carbonyl (C=O) groups excluding carboxylic acids is 1.